The Hall–Kier alpha value is -2.05. The highest BCUT2D eigenvalue weighted by molar-refractivity contribution is 5.76. The molecule has 0 saturated carbocycles. The van der Waals surface area contributed by atoms with E-state index in [1.165, 1.54) is 6.33 Å². The van der Waals surface area contributed by atoms with Crippen molar-refractivity contribution in [3.63, 3.8) is 0 Å². The van der Waals surface area contributed by atoms with Crippen LogP contribution in [0.2, 0.25) is 0 Å². The maximum atomic E-state index is 11.8. The first-order chi connectivity index (χ1) is 10.5. The van der Waals surface area contributed by atoms with Crippen molar-refractivity contribution in [1.29, 1.82) is 0 Å². The molecule has 0 amide bonds. The van der Waals surface area contributed by atoms with Gasteiger partial charge in [-0.15, -0.1) is 0 Å². The Balaban J connectivity index is 2.04. The molecule has 2 heterocycles. The predicted octanol–water partition coefficient (Wildman–Crippen LogP) is 1.66. The van der Waals surface area contributed by atoms with Gasteiger partial charge in [-0.05, 0) is 33.6 Å². The Morgan fingerprint density at radius 1 is 1.45 bits per heavy atom. The number of rotatable bonds is 5. The Bertz CT molecular complexity index is 513. The third kappa shape index (κ3) is 3.78. The van der Waals surface area contributed by atoms with E-state index in [0.29, 0.717) is 18.1 Å². The summed E-state index contributed by atoms with van der Waals surface area (Å²) in [6.45, 7) is 7.82. The third-order valence-corrected chi connectivity index (χ3v) is 3.70. The van der Waals surface area contributed by atoms with E-state index in [4.69, 9.17) is 10.5 Å². The number of hydrogen-bond donors (Lipinski definition) is 2. The second kappa shape index (κ2) is 7.29. The van der Waals surface area contributed by atoms with Gasteiger partial charge in [-0.2, -0.15) is 0 Å². The number of anilines is 3. The minimum Gasteiger partial charge on any atom is -0.466 e. The van der Waals surface area contributed by atoms with E-state index >= 15 is 0 Å². The third-order valence-electron chi connectivity index (χ3n) is 3.70. The number of nitrogen functional groups attached to an aromatic ring is 1. The van der Waals surface area contributed by atoms with Crippen molar-refractivity contribution >= 4 is 23.3 Å². The number of esters is 1. The van der Waals surface area contributed by atoms with E-state index in [-0.39, 0.29) is 17.9 Å². The summed E-state index contributed by atoms with van der Waals surface area (Å²) in [6, 6.07) is 0.250. The van der Waals surface area contributed by atoms with Gasteiger partial charge in [0, 0.05) is 19.1 Å². The van der Waals surface area contributed by atoms with Gasteiger partial charge in [-0.3, -0.25) is 4.79 Å². The summed E-state index contributed by atoms with van der Waals surface area (Å²) in [5.74, 6) is 1.28. The van der Waals surface area contributed by atoms with E-state index in [2.05, 4.69) is 20.2 Å². The summed E-state index contributed by atoms with van der Waals surface area (Å²) in [5.41, 5.74) is 6.74. The van der Waals surface area contributed by atoms with Crippen molar-refractivity contribution < 1.29 is 9.53 Å². The Morgan fingerprint density at radius 3 is 2.73 bits per heavy atom. The van der Waals surface area contributed by atoms with Crippen molar-refractivity contribution in [2.75, 3.05) is 35.6 Å². The van der Waals surface area contributed by atoms with Crippen molar-refractivity contribution in [3.05, 3.63) is 6.33 Å². The average molecular weight is 307 g/mol. The zero-order valence-corrected chi connectivity index (χ0v) is 13.5. The van der Waals surface area contributed by atoms with E-state index < -0.39 is 0 Å². The van der Waals surface area contributed by atoms with E-state index in [1.54, 1.807) is 0 Å². The summed E-state index contributed by atoms with van der Waals surface area (Å²) in [4.78, 5) is 22.4. The lowest BCUT2D eigenvalue weighted by molar-refractivity contribution is -0.148. The molecule has 0 bridgehead atoms. The Morgan fingerprint density at radius 2 is 2.14 bits per heavy atom. The summed E-state index contributed by atoms with van der Waals surface area (Å²) in [6.07, 6.45) is 3.04. The molecule has 1 aliphatic heterocycles. The molecule has 1 fully saturated rings. The molecule has 1 saturated heterocycles. The number of carbonyl (C=O) groups excluding carboxylic acids is 1. The second-order valence-corrected chi connectivity index (χ2v) is 5.77. The fourth-order valence-electron chi connectivity index (χ4n) is 2.61. The molecule has 0 spiro atoms. The molecular formula is C15H25N5O2. The molecule has 3 N–H and O–H groups in total. The fourth-order valence-corrected chi connectivity index (χ4v) is 2.61. The molecule has 0 aliphatic carbocycles. The van der Waals surface area contributed by atoms with Gasteiger partial charge in [0.15, 0.2) is 11.6 Å². The van der Waals surface area contributed by atoms with E-state index in [1.807, 2.05) is 20.8 Å². The fraction of sp³-hybridized carbons (Fsp3) is 0.667. The van der Waals surface area contributed by atoms with Gasteiger partial charge in [0.1, 0.15) is 12.0 Å². The first-order valence-electron chi connectivity index (χ1n) is 7.81. The van der Waals surface area contributed by atoms with Crippen LogP contribution < -0.4 is 16.0 Å². The number of ether oxygens (including phenoxy) is 1. The maximum Gasteiger partial charge on any atom is 0.309 e. The van der Waals surface area contributed by atoms with Crippen LogP contribution in [0.4, 0.5) is 17.3 Å². The van der Waals surface area contributed by atoms with Gasteiger partial charge in [0.2, 0.25) is 0 Å². The summed E-state index contributed by atoms with van der Waals surface area (Å²) < 4.78 is 5.09. The number of carbonyl (C=O) groups is 1. The minimum absolute atomic E-state index is 0.0208. The van der Waals surface area contributed by atoms with Crippen LogP contribution in [0.5, 0.6) is 0 Å². The van der Waals surface area contributed by atoms with Gasteiger partial charge in [0.25, 0.3) is 0 Å². The lowest BCUT2D eigenvalue weighted by Crippen LogP contribution is -2.38. The largest absolute Gasteiger partial charge is 0.466 e. The number of nitrogens with two attached hydrogens (primary N) is 1. The van der Waals surface area contributed by atoms with Crippen molar-refractivity contribution in [2.45, 2.75) is 39.7 Å². The van der Waals surface area contributed by atoms with Crippen LogP contribution in [-0.2, 0) is 9.53 Å². The number of nitrogens with zero attached hydrogens (tertiary/aromatic N) is 3. The summed E-state index contributed by atoms with van der Waals surface area (Å²) in [7, 11) is 0. The highest BCUT2D eigenvalue weighted by atomic mass is 16.5. The van der Waals surface area contributed by atoms with Gasteiger partial charge >= 0.3 is 5.97 Å². The smallest absolute Gasteiger partial charge is 0.309 e. The maximum absolute atomic E-state index is 11.8. The quantitative estimate of drug-likeness (QED) is 0.799. The first kappa shape index (κ1) is 16.3. The SMILES string of the molecule is CCOC(=O)C1CCN(c2ncnc(NC(C)C)c2N)CC1. The molecule has 22 heavy (non-hydrogen) atoms. The zero-order chi connectivity index (χ0) is 16.1. The van der Waals surface area contributed by atoms with Crippen LogP contribution in [-0.4, -0.2) is 41.7 Å². The molecule has 7 heteroatoms. The summed E-state index contributed by atoms with van der Waals surface area (Å²) >= 11 is 0. The van der Waals surface area contributed by atoms with Crippen LogP contribution in [0, 0.1) is 5.92 Å². The van der Waals surface area contributed by atoms with Crippen molar-refractivity contribution in [3.8, 4) is 0 Å². The van der Waals surface area contributed by atoms with Gasteiger partial charge in [-0.1, -0.05) is 0 Å². The van der Waals surface area contributed by atoms with Crippen molar-refractivity contribution in [2.24, 2.45) is 5.92 Å². The first-order valence-corrected chi connectivity index (χ1v) is 7.81. The molecule has 0 radical (unpaired) electrons. The molecule has 122 valence electrons. The number of nitrogens with one attached hydrogen (secondary N) is 1. The molecule has 1 aromatic heterocycles. The average Bonchev–Trinajstić information content (AvgIpc) is 2.49. The molecule has 0 atom stereocenters. The van der Waals surface area contributed by atoms with E-state index in [0.717, 1.165) is 31.7 Å². The van der Waals surface area contributed by atoms with Crippen LogP contribution in [0.15, 0.2) is 6.33 Å². The molecule has 1 aliphatic rings. The molecule has 2 rings (SSSR count). The van der Waals surface area contributed by atoms with Crippen LogP contribution in [0.3, 0.4) is 0 Å². The van der Waals surface area contributed by atoms with Gasteiger partial charge < -0.3 is 20.7 Å². The highest BCUT2D eigenvalue weighted by Gasteiger charge is 2.27. The number of aromatic nitrogens is 2. The normalized spacial score (nSPS) is 15.9. The van der Waals surface area contributed by atoms with Gasteiger partial charge in [-0.25, -0.2) is 9.97 Å². The van der Waals surface area contributed by atoms with Crippen LogP contribution in [0.25, 0.3) is 0 Å². The lowest BCUT2D eigenvalue weighted by atomic mass is 9.97. The standard InChI is InChI=1S/C15H25N5O2/c1-4-22-15(21)11-5-7-20(8-6-11)14-12(16)13(17-9-18-14)19-10(2)3/h9-11H,4-8,16H2,1-3H3,(H,17,18,19). The lowest BCUT2D eigenvalue weighted by Gasteiger charge is -2.32. The van der Waals surface area contributed by atoms with Crippen molar-refractivity contribution in [1.82, 2.24) is 9.97 Å². The number of piperidine rings is 1. The van der Waals surface area contributed by atoms with Gasteiger partial charge in [0.05, 0.1) is 12.5 Å². The Kier molecular flexibility index (Phi) is 5.41. The van der Waals surface area contributed by atoms with E-state index in [9.17, 15) is 4.79 Å². The monoisotopic (exact) mass is 307 g/mol. The molecule has 1 aromatic rings. The molecule has 7 nitrogen and oxygen atoms in total. The topological polar surface area (TPSA) is 93.4 Å². The molecule has 0 aromatic carbocycles. The summed E-state index contributed by atoms with van der Waals surface area (Å²) in [5, 5.41) is 3.22. The number of hydrogen-bond acceptors (Lipinski definition) is 7. The highest BCUT2D eigenvalue weighted by Crippen LogP contribution is 2.30. The van der Waals surface area contributed by atoms with Crippen LogP contribution in [0.1, 0.15) is 33.6 Å². The van der Waals surface area contributed by atoms with Crippen LogP contribution >= 0.6 is 0 Å². The minimum atomic E-state index is -0.0972. The molecule has 0 unspecified atom stereocenters. The predicted molar refractivity (Wildman–Crippen MR) is 86.8 cm³/mol. The second-order valence-electron chi connectivity index (χ2n) is 5.77. The zero-order valence-electron chi connectivity index (χ0n) is 13.5. The molecular weight excluding hydrogens is 282 g/mol. The Labute approximate surface area is 131 Å².